The van der Waals surface area contributed by atoms with Gasteiger partial charge in [0.25, 0.3) is 5.91 Å². The Morgan fingerprint density at radius 3 is 2.39 bits per heavy atom. The predicted molar refractivity (Wildman–Crippen MR) is 131 cm³/mol. The minimum atomic E-state index is -0.196. The number of hydrogen-bond donors (Lipinski definition) is 1. The maximum Gasteiger partial charge on any atom is 0.256 e. The molecule has 0 aliphatic heterocycles. The highest BCUT2D eigenvalue weighted by molar-refractivity contribution is 6.32. The van der Waals surface area contributed by atoms with Crippen LogP contribution in [0.3, 0.4) is 0 Å². The number of nitrogens with zero attached hydrogens (tertiary/aromatic N) is 1. The van der Waals surface area contributed by atoms with Gasteiger partial charge in [0.2, 0.25) is 0 Å². The van der Waals surface area contributed by atoms with Crippen molar-refractivity contribution in [2.24, 2.45) is 0 Å². The molecule has 0 aliphatic rings. The minimum Gasteiger partial charge on any atom is -0.322 e. The Hall–Kier alpha value is -2.88. The lowest BCUT2D eigenvalue weighted by atomic mass is 9.94. The van der Waals surface area contributed by atoms with Gasteiger partial charge < -0.3 is 5.32 Å². The number of aromatic nitrogens is 1. The van der Waals surface area contributed by atoms with Gasteiger partial charge in [-0.05, 0) is 74.7 Å². The normalized spacial score (nSPS) is 11.0. The second-order valence-electron chi connectivity index (χ2n) is 7.87. The molecule has 1 N–H and O–H groups in total. The first-order chi connectivity index (χ1) is 14.7. The average molecular weight is 449 g/mol. The number of carbonyl (C=O) groups is 1. The minimum absolute atomic E-state index is 0.196. The van der Waals surface area contributed by atoms with E-state index in [0.717, 1.165) is 44.4 Å². The molecule has 4 rings (SSSR count). The molecule has 0 radical (unpaired) electrons. The second kappa shape index (κ2) is 8.33. The smallest absolute Gasteiger partial charge is 0.256 e. The predicted octanol–water partition coefficient (Wildman–Crippen LogP) is 7.69. The third-order valence-electron chi connectivity index (χ3n) is 5.42. The molecular formula is C26H22Cl2N2O. The van der Waals surface area contributed by atoms with E-state index in [1.54, 1.807) is 6.07 Å². The molecule has 0 unspecified atom stereocenters. The van der Waals surface area contributed by atoms with Crippen LogP contribution in [0.1, 0.15) is 32.6 Å². The molecule has 3 nitrogen and oxygen atoms in total. The van der Waals surface area contributed by atoms with E-state index in [9.17, 15) is 4.79 Å². The highest BCUT2D eigenvalue weighted by atomic mass is 35.5. The topological polar surface area (TPSA) is 42.0 Å². The monoisotopic (exact) mass is 448 g/mol. The summed E-state index contributed by atoms with van der Waals surface area (Å²) < 4.78 is 0. The van der Waals surface area contributed by atoms with Crippen molar-refractivity contribution in [2.45, 2.75) is 27.7 Å². The molecule has 1 aromatic heterocycles. The number of benzene rings is 3. The number of halogens is 2. The standard InChI is InChI=1S/C26H22Cl2N2O/c1-14-10-16(3)24-21(11-14)23(26(31)29-20-9-8-15(2)22(28)13-20)17(4)25(30-24)18-6-5-7-19(27)12-18/h5-13H,1-4H3,(H,29,31). The fourth-order valence-corrected chi connectivity index (χ4v) is 4.26. The van der Waals surface area contributed by atoms with Crippen LogP contribution in [-0.4, -0.2) is 10.9 Å². The van der Waals surface area contributed by atoms with Gasteiger partial charge in [-0.3, -0.25) is 4.79 Å². The number of carbonyl (C=O) groups excluding carboxylic acids is 1. The molecule has 0 aliphatic carbocycles. The van der Waals surface area contributed by atoms with E-state index in [1.807, 2.05) is 70.2 Å². The Kier molecular flexibility index (Phi) is 5.74. The quantitative estimate of drug-likeness (QED) is 0.348. The molecule has 3 aromatic carbocycles. The molecule has 4 aromatic rings. The van der Waals surface area contributed by atoms with Gasteiger partial charge in [0.15, 0.2) is 0 Å². The summed E-state index contributed by atoms with van der Waals surface area (Å²) in [7, 11) is 0. The van der Waals surface area contributed by atoms with Crippen LogP contribution in [0.5, 0.6) is 0 Å². The number of aryl methyl sites for hydroxylation is 3. The van der Waals surface area contributed by atoms with Crippen LogP contribution in [0.25, 0.3) is 22.2 Å². The number of hydrogen-bond acceptors (Lipinski definition) is 2. The van der Waals surface area contributed by atoms with E-state index in [2.05, 4.69) is 11.4 Å². The summed E-state index contributed by atoms with van der Waals surface area (Å²) in [5, 5.41) is 5.08. The lowest BCUT2D eigenvalue weighted by Gasteiger charge is -2.17. The number of nitrogens with one attached hydrogen (secondary N) is 1. The molecule has 0 fully saturated rings. The molecule has 0 spiro atoms. The average Bonchev–Trinajstić information content (AvgIpc) is 2.70. The first kappa shape index (κ1) is 21.4. The van der Waals surface area contributed by atoms with Gasteiger partial charge in [-0.15, -0.1) is 0 Å². The van der Waals surface area contributed by atoms with Crippen molar-refractivity contribution in [3.8, 4) is 11.3 Å². The first-order valence-corrected chi connectivity index (χ1v) is 10.7. The van der Waals surface area contributed by atoms with Gasteiger partial charge in [0.05, 0.1) is 16.8 Å². The SMILES string of the molecule is Cc1cc(C)c2nc(-c3cccc(Cl)c3)c(C)c(C(=O)Nc3ccc(C)c(Cl)c3)c2c1. The number of pyridine rings is 1. The van der Waals surface area contributed by atoms with Crippen LogP contribution in [0.2, 0.25) is 10.0 Å². The van der Waals surface area contributed by atoms with Crippen LogP contribution in [-0.2, 0) is 0 Å². The van der Waals surface area contributed by atoms with Crippen molar-refractivity contribution >= 4 is 45.7 Å². The van der Waals surface area contributed by atoms with Gasteiger partial charge in [0, 0.05) is 26.7 Å². The molecule has 0 atom stereocenters. The molecule has 5 heteroatoms. The van der Waals surface area contributed by atoms with E-state index < -0.39 is 0 Å². The number of anilines is 1. The zero-order valence-electron chi connectivity index (χ0n) is 17.8. The van der Waals surface area contributed by atoms with E-state index in [-0.39, 0.29) is 5.91 Å². The van der Waals surface area contributed by atoms with Crippen LogP contribution >= 0.6 is 23.2 Å². The van der Waals surface area contributed by atoms with Crippen molar-refractivity contribution < 1.29 is 4.79 Å². The Morgan fingerprint density at radius 1 is 0.903 bits per heavy atom. The Morgan fingerprint density at radius 2 is 1.68 bits per heavy atom. The first-order valence-electron chi connectivity index (χ1n) is 9.99. The van der Waals surface area contributed by atoms with Gasteiger partial charge in [-0.2, -0.15) is 0 Å². The molecule has 31 heavy (non-hydrogen) atoms. The van der Waals surface area contributed by atoms with Crippen molar-refractivity contribution in [3.63, 3.8) is 0 Å². The van der Waals surface area contributed by atoms with E-state index >= 15 is 0 Å². The molecule has 0 saturated heterocycles. The lowest BCUT2D eigenvalue weighted by Crippen LogP contribution is -2.15. The van der Waals surface area contributed by atoms with Gasteiger partial charge in [-0.25, -0.2) is 4.98 Å². The zero-order valence-corrected chi connectivity index (χ0v) is 19.3. The van der Waals surface area contributed by atoms with Crippen molar-refractivity contribution in [2.75, 3.05) is 5.32 Å². The van der Waals surface area contributed by atoms with Gasteiger partial charge in [-0.1, -0.05) is 53.0 Å². The molecule has 0 saturated carbocycles. The second-order valence-corrected chi connectivity index (χ2v) is 8.71. The number of fused-ring (bicyclic) bond motifs is 1. The van der Waals surface area contributed by atoms with Crippen LogP contribution in [0.4, 0.5) is 5.69 Å². The summed E-state index contributed by atoms with van der Waals surface area (Å²) in [5.41, 5.74) is 7.53. The highest BCUT2D eigenvalue weighted by Crippen LogP contribution is 2.33. The Balaban J connectivity index is 1.94. The molecule has 156 valence electrons. The third kappa shape index (κ3) is 4.16. The summed E-state index contributed by atoms with van der Waals surface area (Å²) in [6.45, 7) is 7.89. The summed E-state index contributed by atoms with van der Waals surface area (Å²) >= 11 is 12.5. The van der Waals surface area contributed by atoms with Crippen molar-refractivity contribution in [3.05, 3.63) is 92.5 Å². The maximum atomic E-state index is 13.5. The van der Waals surface area contributed by atoms with Gasteiger partial charge in [0.1, 0.15) is 0 Å². The van der Waals surface area contributed by atoms with Gasteiger partial charge >= 0.3 is 0 Å². The molecule has 1 amide bonds. The Labute approximate surface area is 192 Å². The van der Waals surface area contributed by atoms with E-state index in [1.165, 1.54) is 0 Å². The fraction of sp³-hybridized carbons (Fsp3) is 0.154. The number of amides is 1. The van der Waals surface area contributed by atoms with Crippen LogP contribution in [0.15, 0.2) is 54.6 Å². The summed E-state index contributed by atoms with van der Waals surface area (Å²) in [5.74, 6) is -0.196. The van der Waals surface area contributed by atoms with E-state index in [4.69, 9.17) is 28.2 Å². The van der Waals surface area contributed by atoms with Crippen LogP contribution < -0.4 is 5.32 Å². The fourth-order valence-electron chi connectivity index (χ4n) is 3.89. The largest absolute Gasteiger partial charge is 0.322 e. The van der Waals surface area contributed by atoms with Crippen LogP contribution in [0, 0.1) is 27.7 Å². The highest BCUT2D eigenvalue weighted by Gasteiger charge is 2.21. The third-order valence-corrected chi connectivity index (χ3v) is 6.07. The molecule has 0 bridgehead atoms. The van der Waals surface area contributed by atoms with Crippen molar-refractivity contribution in [1.82, 2.24) is 4.98 Å². The maximum absolute atomic E-state index is 13.5. The Bertz CT molecular complexity index is 1350. The van der Waals surface area contributed by atoms with Crippen molar-refractivity contribution in [1.29, 1.82) is 0 Å². The summed E-state index contributed by atoms with van der Waals surface area (Å²) in [6.07, 6.45) is 0. The lowest BCUT2D eigenvalue weighted by molar-refractivity contribution is 0.102. The summed E-state index contributed by atoms with van der Waals surface area (Å²) in [4.78, 5) is 18.5. The summed E-state index contributed by atoms with van der Waals surface area (Å²) in [6, 6.07) is 17.1. The molecular weight excluding hydrogens is 427 g/mol. The zero-order chi connectivity index (χ0) is 22.3. The van der Waals surface area contributed by atoms with E-state index in [0.29, 0.717) is 21.3 Å². The number of rotatable bonds is 3. The molecule has 1 heterocycles.